The summed E-state index contributed by atoms with van der Waals surface area (Å²) in [5.74, 6) is 2.61. The van der Waals surface area contributed by atoms with Crippen LogP contribution in [0, 0.1) is 5.92 Å². The molecule has 7 heteroatoms. The van der Waals surface area contributed by atoms with Gasteiger partial charge in [-0.25, -0.2) is 4.79 Å². The summed E-state index contributed by atoms with van der Waals surface area (Å²) in [6.07, 6.45) is 3.26. The molecule has 0 bridgehead atoms. The van der Waals surface area contributed by atoms with Crippen molar-refractivity contribution in [1.29, 1.82) is 0 Å². The Morgan fingerprint density at radius 3 is 2.92 bits per heavy atom. The van der Waals surface area contributed by atoms with Gasteiger partial charge in [-0.2, -0.15) is 0 Å². The molecule has 1 N–H and O–H groups in total. The normalized spacial score (nSPS) is 21.2. The van der Waals surface area contributed by atoms with E-state index in [4.69, 9.17) is 18.9 Å². The molecular formula is C18H24N2O5. The predicted octanol–water partition coefficient (Wildman–Crippen LogP) is 2.00. The number of ether oxygens (including phenoxy) is 4. The van der Waals surface area contributed by atoms with Crippen LogP contribution < -0.4 is 19.5 Å². The lowest BCUT2D eigenvalue weighted by molar-refractivity contribution is 0.161. The summed E-state index contributed by atoms with van der Waals surface area (Å²) in [5.41, 5.74) is 0. The lowest BCUT2D eigenvalue weighted by Crippen LogP contribution is -2.45. The molecule has 136 valence electrons. The molecule has 0 radical (unpaired) electrons. The zero-order chi connectivity index (χ0) is 17.1. The summed E-state index contributed by atoms with van der Waals surface area (Å²) in [5, 5.41) is 2.97. The van der Waals surface area contributed by atoms with E-state index < -0.39 is 0 Å². The smallest absolute Gasteiger partial charge is 0.317 e. The van der Waals surface area contributed by atoms with E-state index in [2.05, 4.69) is 5.32 Å². The number of carbonyl (C=O) groups excluding carboxylic acids is 1. The first-order valence-electron chi connectivity index (χ1n) is 8.94. The summed E-state index contributed by atoms with van der Waals surface area (Å²) in [7, 11) is 0. The topological polar surface area (TPSA) is 69.3 Å². The molecule has 1 aliphatic carbocycles. The van der Waals surface area contributed by atoms with Crippen molar-refractivity contribution in [2.45, 2.75) is 25.3 Å². The van der Waals surface area contributed by atoms with Crippen LogP contribution in [0.4, 0.5) is 4.79 Å². The predicted molar refractivity (Wildman–Crippen MR) is 90.1 cm³/mol. The first-order chi connectivity index (χ1) is 12.3. The van der Waals surface area contributed by atoms with Gasteiger partial charge < -0.3 is 29.2 Å². The molecular weight excluding hydrogens is 324 g/mol. The van der Waals surface area contributed by atoms with Gasteiger partial charge in [-0.3, -0.25) is 0 Å². The second-order valence-corrected chi connectivity index (χ2v) is 6.71. The number of fused-ring (bicyclic) bond motifs is 1. The summed E-state index contributed by atoms with van der Waals surface area (Å²) in [6, 6.07) is 5.88. The minimum absolute atomic E-state index is 0.00341. The highest BCUT2D eigenvalue weighted by atomic mass is 16.7. The molecule has 2 fully saturated rings. The monoisotopic (exact) mass is 348 g/mol. The van der Waals surface area contributed by atoms with E-state index in [-0.39, 0.29) is 12.8 Å². The van der Waals surface area contributed by atoms with Crippen molar-refractivity contribution in [1.82, 2.24) is 10.2 Å². The van der Waals surface area contributed by atoms with Crippen LogP contribution in [-0.4, -0.2) is 56.7 Å². The van der Waals surface area contributed by atoms with Gasteiger partial charge in [-0.15, -0.1) is 0 Å². The first kappa shape index (κ1) is 16.3. The zero-order valence-corrected chi connectivity index (χ0v) is 14.2. The summed E-state index contributed by atoms with van der Waals surface area (Å²) in [6.45, 7) is 3.50. The molecule has 1 saturated carbocycles. The Bertz CT molecular complexity index is 613. The second-order valence-electron chi connectivity index (χ2n) is 6.71. The van der Waals surface area contributed by atoms with Crippen molar-refractivity contribution in [2.75, 3.05) is 39.7 Å². The van der Waals surface area contributed by atoms with Crippen LogP contribution in [0.25, 0.3) is 0 Å². The maximum atomic E-state index is 12.5. The van der Waals surface area contributed by atoms with Crippen molar-refractivity contribution in [3.05, 3.63) is 18.2 Å². The largest absolute Gasteiger partial charge is 0.492 e. The fourth-order valence-corrected chi connectivity index (χ4v) is 3.18. The average Bonchev–Trinajstić information content (AvgIpc) is 3.13. The minimum Gasteiger partial charge on any atom is -0.492 e. The third kappa shape index (κ3) is 4.10. The molecule has 1 unspecified atom stereocenters. The molecule has 3 aliphatic rings. The van der Waals surface area contributed by atoms with Crippen LogP contribution in [0.2, 0.25) is 0 Å². The van der Waals surface area contributed by atoms with Crippen molar-refractivity contribution in [3.8, 4) is 17.2 Å². The van der Waals surface area contributed by atoms with Crippen LogP contribution in [0.1, 0.15) is 19.3 Å². The third-order valence-corrected chi connectivity index (χ3v) is 4.72. The fraction of sp³-hybridized carbons (Fsp3) is 0.611. The number of hydrogen-bond acceptors (Lipinski definition) is 5. The van der Waals surface area contributed by atoms with E-state index in [9.17, 15) is 4.79 Å². The summed E-state index contributed by atoms with van der Waals surface area (Å²) < 4.78 is 21.7. The van der Waals surface area contributed by atoms with Crippen molar-refractivity contribution in [3.63, 3.8) is 0 Å². The quantitative estimate of drug-likeness (QED) is 0.764. The Morgan fingerprint density at radius 1 is 1.24 bits per heavy atom. The Morgan fingerprint density at radius 2 is 2.12 bits per heavy atom. The molecule has 2 amide bonds. The van der Waals surface area contributed by atoms with Crippen molar-refractivity contribution >= 4 is 6.03 Å². The van der Waals surface area contributed by atoms with Gasteiger partial charge in [0.2, 0.25) is 6.79 Å². The molecule has 2 heterocycles. The van der Waals surface area contributed by atoms with Crippen LogP contribution in [-0.2, 0) is 4.74 Å². The standard InChI is InChI=1S/C18H24N2O5/c21-18(20(14-1-2-14)10-13-5-7-22-11-13)19-6-8-23-15-3-4-16-17(9-15)25-12-24-16/h3-4,9,13-14H,1-2,5-8,10-12H2,(H,19,21). The van der Waals surface area contributed by atoms with Crippen LogP contribution >= 0.6 is 0 Å². The number of nitrogens with one attached hydrogen (secondary N) is 1. The van der Waals surface area contributed by atoms with Gasteiger partial charge in [0, 0.05) is 31.2 Å². The molecule has 2 aliphatic heterocycles. The third-order valence-electron chi connectivity index (χ3n) is 4.72. The second kappa shape index (κ2) is 7.39. The van der Waals surface area contributed by atoms with E-state index in [0.29, 0.717) is 36.6 Å². The number of rotatable bonds is 7. The molecule has 1 saturated heterocycles. The molecule has 0 spiro atoms. The Kier molecular flexibility index (Phi) is 4.83. The summed E-state index contributed by atoms with van der Waals surface area (Å²) >= 11 is 0. The van der Waals surface area contributed by atoms with Crippen molar-refractivity contribution < 1.29 is 23.7 Å². The van der Waals surface area contributed by atoms with Crippen LogP contribution in [0.5, 0.6) is 17.2 Å². The fourth-order valence-electron chi connectivity index (χ4n) is 3.18. The van der Waals surface area contributed by atoms with Gasteiger partial charge in [0.05, 0.1) is 13.2 Å². The van der Waals surface area contributed by atoms with Crippen LogP contribution in [0.15, 0.2) is 18.2 Å². The highest BCUT2D eigenvalue weighted by Crippen LogP contribution is 2.35. The first-order valence-corrected chi connectivity index (χ1v) is 8.94. The van der Waals surface area contributed by atoms with E-state index in [0.717, 1.165) is 44.8 Å². The number of urea groups is 1. The maximum Gasteiger partial charge on any atom is 0.317 e. The van der Waals surface area contributed by atoms with Crippen LogP contribution in [0.3, 0.4) is 0 Å². The number of carbonyl (C=O) groups is 1. The SMILES string of the molecule is O=C(NCCOc1ccc2c(c1)OCO2)N(CC1CCOC1)C1CC1. The Balaban J connectivity index is 1.21. The van der Waals surface area contributed by atoms with E-state index in [1.807, 2.05) is 17.0 Å². The summed E-state index contributed by atoms with van der Waals surface area (Å²) in [4.78, 5) is 14.4. The molecule has 1 atom stereocenters. The minimum atomic E-state index is 0.00341. The highest BCUT2D eigenvalue weighted by molar-refractivity contribution is 5.74. The van der Waals surface area contributed by atoms with Gasteiger partial charge in [0.1, 0.15) is 12.4 Å². The average molecular weight is 348 g/mol. The number of nitrogens with zero attached hydrogens (tertiary/aromatic N) is 1. The molecule has 1 aromatic carbocycles. The lowest BCUT2D eigenvalue weighted by atomic mass is 10.1. The molecule has 4 rings (SSSR count). The Hall–Kier alpha value is -2.15. The highest BCUT2D eigenvalue weighted by Gasteiger charge is 2.34. The maximum absolute atomic E-state index is 12.5. The zero-order valence-electron chi connectivity index (χ0n) is 14.2. The van der Waals surface area contributed by atoms with E-state index >= 15 is 0 Å². The van der Waals surface area contributed by atoms with Gasteiger partial charge in [-0.1, -0.05) is 0 Å². The molecule has 25 heavy (non-hydrogen) atoms. The molecule has 7 nitrogen and oxygen atoms in total. The number of benzene rings is 1. The van der Waals surface area contributed by atoms with Gasteiger partial charge in [0.25, 0.3) is 0 Å². The van der Waals surface area contributed by atoms with E-state index in [1.54, 1.807) is 6.07 Å². The lowest BCUT2D eigenvalue weighted by Gasteiger charge is -2.25. The Labute approximate surface area is 147 Å². The molecule has 1 aromatic rings. The van der Waals surface area contributed by atoms with Gasteiger partial charge >= 0.3 is 6.03 Å². The number of amides is 2. The van der Waals surface area contributed by atoms with Gasteiger partial charge in [0.15, 0.2) is 11.5 Å². The van der Waals surface area contributed by atoms with Crippen molar-refractivity contribution in [2.24, 2.45) is 5.92 Å². The van der Waals surface area contributed by atoms with Gasteiger partial charge in [-0.05, 0) is 31.4 Å². The number of hydrogen-bond donors (Lipinski definition) is 1. The van der Waals surface area contributed by atoms with E-state index in [1.165, 1.54) is 0 Å². The molecule has 0 aromatic heterocycles.